The minimum Gasteiger partial charge on any atom is -0.350 e. The summed E-state index contributed by atoms with van der Waals surface area (Å²) in [5, 5.41) is 3.80. The summed E-state index contributed by atoms with van der Waals surface area (Å²) in [6.07, 6.45) is 0.218. The van der Waals surface area contributed by atoms with E-state index in [0.717, 1.165) is 5.56 Å². The van der Waals surface area contributed by atoms with Gasteiger partial charge in [0.1, 0.15) is 11.9 Å². The summed E-state index contributed by atoms with van der Waals surface area (Å²) in [6, 6.07) is 19.8. The number of rotatable bonds is 8. The zero-order valence-corrected chi connectivity index (χ0v) is 21.5. The number of amides is 2. The van der Waals surface area contributed by atoms with Crippen LogP contribution in [0.5, 0.6) is 0 Å². The van der Waals surface area contributed by atoms with Crippen molar-refractivity contribution in [1.82, 2.24) is 10.2 Å². The Morgan fingerprint density at radius 3 is 2.23 bits per heavy atom. The topological polar surface area (TPSA) is 49.4 Å². The lowest BCUT2D eigenvalue weighted by Gasteiger charge is -2.34. The summed E-state index contributed by atoms with van der Waals surface area (Å²) in [5.41, 5.74) is 1.27. The van der Waals surface area contributed by atoms with E-state index in [2.05, 4.69) is 5.32 Å². The van der Waals surface area contributed by atoms with Crippen LogP contribution in [-0.4, -0.2) is 28.3 Å². The first-order valence-electron chi connectivity index (χ1n) is 11.4. The fraction of sp³-hybridized carbons (Fsp3) is 0.286. The van der Waals surface area contributed by atoms with E-state index in [-0.39, 0.29) is 31.2 Å². The number of nitrogens with zero attached hydrogens (tertiary/aromatic N) is 1. The van der Waals surface area contributed by atoms with Crippen LogP contribution in [0.2, 0.25) is 10.0 Å². The molecule has 0 fully saturated rings. The Hall–Kier alpha value is -2.89. The van der Waals surface area contributed by atoms with E-state index in [0.29, 0.717) is 21.2 Å². The van der Waals surface area contributed by atoms with Crippen LogP contribution in [-0.2, 0) is 29.0 Å². The van der Waals surface area contributed by atoms with Crippen molar-refractivity contribution < 1.29 is 14.0 Å². The summed E-state index contributed by atoms with van der Waals surface area (Å²) in [6.45, 7) is 5.56. The number of carbonyl (C=O) groups is 2. The molecule has 0 radical (unpaired) electrons. The van der Waals surface area contributed by atoms with Crippen LogP contribution < -0.4 is 5.32 Å². The molecule has 1 atom stereocenters. The Kier molecular flexibility index (Phi) is 8.92. The monoisotopic (exact) mass is 514 g/mol. The normalized spacial score (nSPS) is 12.2. The van der Waals surface area contributed by atoms with Gasteiger partial charge in [0.15, 0.2) is 0 Å². The van der Waals surface area contributed by atoms with Gasteiger partial charge in [0.25, 0.3) is 0 Å². The maximum atomic E-state index is 14.6. The minimum absolute atomic E-state index is 0.0570. The highest BCUT2D eigenvalue weighted by atomic mass is 35.5. The molecule has 0 aliphatic heterocycles. The summed E-state index contributed by atoms with van der Waals surface area (Å²) < 4.78 is 14.6. The Morgan fingerprint density at radius 2 is 1.60 bits per heavy atom. The number of nitrogens with one attached hydrogen (secondary N) is 1. The molecule has 7 heteroatoms. The lowest BCUT2D eigenvalue weighted by Crippen LogP contribution is -2.54. The van der Waals surface area contributed by atoms with Gasteiger partial charge in [-0.2, -0.15) is 0 Å². The van der Waals surface area contributed by atoms with Crippen molar-refractivity contribution in [1.29, 1.82) is 0 Å². The van der Waals surface area contributed by atoms with Gasteiger partial charge >= 0.3 is 0 Å². The van der Waals surface area contributed by atoms with Gasteiger partial charge < -0.3 is 10.2 Å². The highest BCUT2D eigenvalue weighted by molar-refractivity contribution is 6.35. The summed E-state index contributed by atoms with van der Waals surface area (Å²) in [4.78, 5) is 28.6. The molecule has 0 heterocycles. The Bertz CT molecular complexity index is 1180. The minimum atomic E-state index is -0.866. The van der Waals surface area contributed by atoms with Crippen LogP contribution in [0.25, 0.3) is 0 Å². The summed E-state index contributed by atoms with van der Waals surface area (Å²) >= 11 is 12.3. The maximum Gasteiger partial charge on any atom is 0.243 e. The Morgan fingerprint density at radius 1 is 0.943 bits per heavy atom. The second-order valence-electron chi connectivity index (χ2n) is 9.47. The van der Waals surface area contributed by atoms with E-state index in [1.165, 1.54) is 11.0 Å². The van der Waals surface area contributed by atoms with Crippen molar-refractivity contribution in [3.63, 3.8) is 0 Å². The van der Waals surface area contributed by atoms with Crippen LogP contribution in [0.4, 0.5) is 4.39 Å². The molecule has 0 spiro atoms. The zero-order chi connectivity index (χ0) is 25.6. The Balaban J connectivity index is 2.02. The maximum absolute atomic E-state index is 14.6. The third-order valence-corrected chi connectivity index (χ3v) is 6.01. The molecule has 0 saturated carbocycles. The first kappa shape index (κ1) is 26.7. The fourth-order valence-corrected chi connectivity index (χ4v) is 4.22. The van der Waals surface area contributed by atoms with Crippen LogP contribution >= 0.6 is 23.2 Å². The molecule has 3 rings (SSSR count). The second kappa shape index (κ2) is 11.7. The first-order chi connectivity index (χ1) is 16.5. The van der Waals surface area contributed by atoms with Crippen molar-refractivity contribution in [2.24, 2.45) is 0 Å². The lowest BCUT2D eigenvalue weighted by molar-refractivity contribution is -0.141. The van der Waals surface area contributed by atoms with Crippen LogP contribution in [0.15, 0.2) is 72.8 Å². The van der Waals surface area contributed by atoms with Crippen LogP contribution in [0.3, 0.4) is 0 Å². The van der Waals surface area contributed by atoms with Gasteiger partial charge in [0, 0.05) is 34.1 Å². The number of halogens is 3. The molecule has 2 amide bonds. The molecule has 0 aliphatic rings. The quantitative estimate of drug-likeness (QED) is 0.387. The van der Waals surface area contributed by atoms with Crippen LogP contribution in [0.1, 0.15) is 37.5 Å². The third-order valence-electron chi connectivity index (χ3n) is 5.42. The average molecular weight is 515 g/mol. The Labute approximate surface area is 216 Å². The molecule has 0 aliphatic carbocycles. The van der Waals surface area contributed by atoms with Gasteiger partial charge in [-0.05, 0) is 50.1 Å². The molecule has 1 N–H and O–H groups in total. The van der Waals surface area contributed by atoms with Crippen molar-refractivity contribution in [2.45, 2.75) is 51.7 Å². The highest BCUT2D eigenvalue weighted by Crippen LogP contribution is 2.24. The molecule has 4 nitrogen and oxygen atoms in total. The number of carbonyl (C=O) groups excluding carboxylic acids is 2. The van der Waals surface area contributed by atoms with Gasteiger partial charge in [-0.3, -0.25) is 9.59 Å². The standard InChI is InChI=1S/C28H29Cl2FN2O2/c1-28(2,3)32-27(35)25(15-19-9-5-4-6-10-19)33(18-21-11-7-8-12-24(21)31)26(34)16-20-13-14-22(29)17-23(20)30/h4-14,17,25H,15-16,18H2,1-3H3,(H,32,35)/t25-/m0/s1. The average Bonchev–Trinajstić information content (AvgIpc) is 2.78. The van der Waals surface area contributed by atoms with Gasteiger partial charge in [-0.25, -0.2) is 4.39 Å². The lowest BCUT2D eigenvalue weighted by atomic mass is 9.99. The number of hydrogen-bond acceptors (Lipinski definition) is 2. The van der Waals surface area contributed by atoms with E-state index in [1.54, 1.807) is 36.4 Å². The zero-order valence-electron chi connectivity index (χ0n) is 20.0. The summed E-state index contributed by atoms with van der Waals surface area (Å²) in [5.74, 6) is -1.10. The molecule has 0 unspecified atom stereocenters. The van der Waals surface area contributed by atoms with E-state index < -0.39 is 17.4 Å². The van der Waals surface area contributed by atoms with Crippen LogP contribution in [0, 0.1) is 5.82 Å². The molecular formula is C28H29Cl2FN2O2. The van der Waals surface area contributed by atoms with Crippen molar-refractivity contribution in [2.75, 3.05) is 0 Å². The third kappa shape index (κ3) is 7.81. The van der Waals surface area contributed by atoms with Gasteiger partial charge in [0.2, 0.25) is 11.8 Å². The van der Waals surface area contributed by atoms with E-state index in [1.807, 2.05) is 51.1 Å². The van der Waals surface area contributed by atoms with Gasteiger partial charge in [-0.1, -0.05) is 77.8 Å². The first-order valence-corrected chi connectivity index (χ1v) is 12.1. The molecule has 3 aromatic rings. The highest BCUT2D eigenvalue weighted by Gasteiger charge is 2.32. The predicted octanol–water partition coefficient (Wildman–Crippen LogP) is 6.23. The second-order valence-corrected chi connectivity index (χ2v) is 10.3. The van der Waals surface area contributed by atoms with Gasteiger partial charge in [-0.15, -0.1) is 0 Å². The van der Waals surface area contributed by atoms with Gasteiger partial charge in [0.05, 0.1) is 6.42 Å². The molecular weight excluding hydrogens is 486 g/mol. The SMILES string of the molecule is CC(C)(C)NC(=O)[C@H](Cc1ccccc1)N(Cc1ccccc1F)C(=O)Cc1ccc(Cl)cc1Cl. The van der Waals surface area contributed by atoms with E-state index in [9.17, 15) is 14.0 Å². The molecule has 35 heavy (non-hydrogen) atoms. The number of hydrogen-bond donors (Lipinski definition) is 1. The van der Waals surface area contributed by atoms with Crippen molar-refractivity contribution in [3.05, 3.63) is 105 Å². The molecule has 184 valence electrons. The summed E-state index contributed by atoms with van der Waals surface area (Å²) in [7, 11) is 0. The van der Waals surface area contributed by atoms with E-state index >= 15 is 0 Å². The van der Waals surface area contributed by atoms with Crippen molar-refractivity contribution >= 4 is 35.0 Å². The molecule has 3 aromatic carbocycles. The smallest absolute Gasteiger partial charge is 0.243 e. The molecule has 0 saturated heterocycles. The molecule has 0 bridgehead atoms. The van der Waals surface area contributed by atoms with E-state index in [4.69, 9.17) is 23.2 Å². The molecule has 0 aromatic heterocycles. The fourth-order valence-electron chi connectivity index (χ4n) is 3.75. The van der Waals surface area contributed by atoms with Crippen molar-refractivity contribution in [3.8, 4) is 0 Å². The predicted molar refractivity (Wildman–Crippen MR) is 139 cm³/mol. The number of benzene rings is 3. The largest absolute Gasteiger partial charge is 0.350 e.